The van der Waals surface area contributed by atoms with Crippen LogP contribution in [0, 0.1) is 13.7 Å². The van der Waals surface area contributed by atoms with E-state index in [1.807, 2.05) is 0 Å². The molecule has 8 heteroatoms. The smallest absolute Gasteiger partial charge is 0.339 e. The van der Waals surface area contributed by atoms with Crippen LogP contribution in [0.5, 0.6) is 5.75 Å². The first kappa shape index (κ1) is 12.0. The number of halogens is 3. The summed E-state index contributed by atoms with van der Waals surface area (Å²) in [4.78, 5) is 13.0. The minimum atomic E-state index is -3.00. The zero-order chi connectivity index (χ0) is 11.6. The Morgan fingerprint density at radius 3 is 2.67 bits per heavy atom. The molecule has 0 atom stereocenters. The molecule has 0 N–H and O–H groups in total. The van der Waals surface area contributed by atoms with Crippen LogP contribution in [0.2, 0.25) is 0 Å². The number of methoxy groups -OCH3 is 1. The van der Waals surface area contributed by atoms with Crippen LogP contribution in [0.1, 0.15) is 12.1 Å². The number of alkyl halides is 2. The van der Waals surface area contributed by atoms with Crippen LogP contribution in [0.15, 0.2) is 6.20 Å². The van der Waals surface area contributed by atoms with Gasteiger partial charge in [-0.25, -0.2) is 13.8 Å². The third-order valence-electron chi connectivity index (χ3n) is 1.58. The number of ether oxygens (including phenoxy) is 1. The average Bonchev–Trinajstić information content (AvgIpc) is 2.16. The minimum absolute atomic E-state index is 0.189. The van der Waals surface area contributed by atoms with Crippen molar-refractivity contribution in [3.05, 3.63) is 25.6 Å². The first-order chi connectivity index (χ1) is 6.99. The summed E-state index contributed by atoms with van der Waals surface area (Å²) in [6, 6.07) is 0. The highest BCUT2D eigenvalue weighted by Gasteiger charge is 2.30. The third-order valence-corrected chi connectivity index (χ3v) is 2.35. The van der Waals surface area contributed by atoms with Gasteiger partial charge in [0.15, 0.2) is 5.69 Å². The molecule has 1 heterocycles. The van der Waals surface area contributed by atoms with Gasteiger partial charge < -0.3 is 4.74 Å². The number of nitro groups is 1. The van der Waals surface area contributed by atoms with Crippen molar-refractivity contribution in [1.29, 1.82) is 0 Å². The fourth-order valence-electron chi connectivity index (χ4n) is 1.01. The van der Waals surface area contributed by atoms with Crippen LogP contribution in [0.25, 0.3) is 0 Å². The summed E-state index contributed by atoms with van der Waals surface area (Å²) in [6.07, 6.45) is -1.90. The van der Waals surface area contributed by atoms with E-state index in [0.29, 0.717) is 3.57 Å². The third kappa shape index (κ3) is 2.30. The van der Waals surface area contributed by atoms with E-state index >= 15 is 0 Å². The fraction of sp³-hybridized carbons (Fsp3) is 0.286. The monoisotopic (exact) mass is 330 g/mol. The molecule has 0 saturated carbocycles. The molecular weight excluding hydrogens is 325 g/mol. The molecule has 82 valence electrons. The van der Waals surface area contributed by atoms with Crippen molar-refractivity contribution >= 4 is 28.3 Å². The first-order valence-corrected chi connectivity index (χ1v) is 4.71. The highest BCUT2D eigenvalue weighted by molar-refractivity contribution is 14.1. The molecule has 0 bridgehead atoms. The van der Waals surface area contributed by atoms with Crippen molar-refractivity contribution in [2.75, 3.05) is 7.11 Å². The first-order valence-electron chi connectivity index (χ1n) is 3.64. The molecule has 0 amide bonds. The van der Waals surface area contributed by atoms with Gasteiger partial charge in [0, 0.05) is 6.20 Å². The molecule has 0 radical (unpaired) electrons. The van der Waals surface area contributed by atoms with Crippen molar-refractivity contribution in [3.63, 3.8) is 0 Å². The van der Waals surface area contributed by atoms with Crippen LogP contribution in [0.3, 0.4) is 0 Å². The molecule has 0 unspecified atom stereocenters. The van der Waals surface area contributed by atoms with Gasteiger partial charge in [-0.2, -0.15) is 0 Å². The van der Waals surface area contributed by atoms with Crippen molar-refractivity contribution < 1.29 is 18.4 Å². The summed E-state index contributed by atoms with van der Waals surface area (Å²) in [6.45, 7) is 0. The van der Waals surface area contributed by atoms with E-state index in [4.69, 9.17) is 4.74 Å². The molecule has 15 heavy (non-hydrogen) atoms. The van der Waals surface area contributed by atoms with Gasteiger partial charge in [-0.15, -0.1) is 0 Å². The molecule has 0 aliphatic carbocycles. The second-order valence-electron chi connectivity index (χ2n) is 2.43. The Morgan fingerprint density at radius 2 is 2.27 bits per heavy atom. The Labute approximate surface area is 96.7 Å². The molecule has 1 aromatic heterocycles. The van der Waals surface area contributed by atoms with Crippen molar-refractivity contribution in [2.24, 2.45) is 0 Å². The fourth-order valence-corrected chi connectivity index (χ4v) is 1.62. The predicted octanol–water partition coefficient (Wildman–Crippen LogP) is 2.54. The Balaban J connectivity index is 3.49. The summed E-state index contributed by atoms with van der Waals surface area (Å²) in [5.74, 6) is -0.189. The number of aromatic nitrogens is 1. The van der Waals surface area contributed by atoms with Gasteiger partial charge in [0.25, 0.3) is 6.43 Å². The lowest BCUT2D eigenvalue weighted by atomic mass is 10.3. The zero-order valence-electron chi connectivity index (χ0n) is 7.41. The standard InChI is InChI=1S/C7H5F2IN2O3/c1-15-6-3(10)2-11-4(7(8)9)5(6)12(13)14/h2,7H,1H3. The van der Waals surface area contributed by atoms with Crippen molar-refractivity contribution in [1.82, 2.24) is 4.98 Å². The van der Waals surface area contributed by atoms with Gasteiger partial charge in [0.1, 0.15) is 0 Å². The van der Waals surface area contributed by atoms with Crippen molar-refractivity contribution in [3.8, 4) is 5.75 Å². The Bertz CT molecular complexity index is 400. The van der Waals surface area contributed by atoms with E-state index < -0.39 is 22.7 Å². The maximum atomic E-state index is 12.4. The molecule has 5 nitrogen and oxygen atoms in total. The van der Waals surface area contributed by atoms with Crippen LogP contribution >= 0.6 is 22.6 Å². The molecule has 1 rings (SSSR count). The summed E-state index contributed by atoms with van der Waals surface area (Å²) in [7, 11) is 1.18. The minimum Gasteiger partial charge on any atom is -0.489 e. The van der Waals surface area contributed by atoms with Crippen molar-refractivity contribution in [2.45, 2.75) is 6.43 Å². The Morgan fingerprint density at radius 1 is 1.67 bits per heavy atom. The number of pyridine rings is 1. The largest absolute Gasteiger partial charge is 0.489 e. The molecule has 0 aliphatic heterocycles. The van der Waals surface area contributed by atoms with Crippen LogP contribution < -0.4 is 4.74 Å². The molecule has 0 saturated heterocycles. The van der Waals surface area contributed by atoms with E-state index in [-0.39, 0.29) is 5.75 Å². The van der Waals surface area contributed by atoms with Gasteiger partial charge in [0.05, 0.1) is 15.6 Å². The van der Waals surface area contributed by atoms with Crippen LogP contribution in [-0.2, 0) is 0 Å². The second kappa shape index (κ2) is 4.64. The van der Waals surface area contributed by atoms with Gasteiger partial charge >= 0.3 is 5.69 Å². The van der Waals surface area contributed by atoms with E-state index in [9.17, 15) is 18.9 Å². The Hall–Kier alpha value is -1.06. The van der Waals surface area contributed by atoms with Gasteiger partial charge in [-0.3, -0.25) is 10.1 Å². The number of rotatable bonds is 3. The number of hydrogen-bond donors (Lipinski definition) is 0. The van der Waals surface area contributed by atoms with Gasteiger partial charge in [0.2, 0.25) is 5.75 Å². The van der Waals surface area contributed by atoms with E-state index in [2.05, 4.69) is 4.98 Å². The lowest BCUT2D eigenvalue weighted by Gasteiger charge is -2.06. The predicted molar refractivity (Wildman–Crippen MR) is 55.1 cm³/mol. The average molecular weight is 330 g/mol. The van der Waals surface area contributed by atoms with Gasteiger partial charge in [-0.05, 0) is 22.6 Å². The summed E-state index contributed by atoms with van der Waals surface area (Å²) in [5, 5.41) is 10.6. The lowest BCUT2D eigenvalue weighted by Crippen LogP contribution is -2.03. The lowest BCUT2D eigenvalue weighted by molar-refractivity contribution is -0.387. The highest BCUT2D eigenvalue weighted by atomic mass is 127. The number of nitrogens with zero attached hydrogens (tertiary/aromatic N) is 2. The zero-order valence-corrected chi connectivity index (χ0v) is 9.57. The maximum Gasteiger partial charge on any atom is 0.339 e. The summed E-state index contributed by atoms with van der Waals surface area (Å²) >= 11 is 1.72. The Kier molecular flexibility index (Phi) is 3.72. The van der Waals surface area contributed by atoms with Gasteiger partial charge in [-0.1, -0.05) is 0 Å². The molecule has 0 aromatic carbocycles. The maximum absolute atomic E-state index is 12.4. The SMILES string of the molecule is COc1c(I)cnc(C(F)F)c1[N+](=O)[O-]. The van der Waals surface area contributed by atoms with Crippen LogP contribution in [-0.4, -0.2) is 17.0 Å². The van der Waals surface area contributed by atoms with Crippen LogP contribution in [0.4, 0.5) is 14.5 Å². The molecule has 0 aliphatic rings. The molecule has 1 aromatic rings. The molecule has 0 spiro atoms. The quantitative estimate of drug-likeness (QED) is 0.485. The van der Waals surface area contributed by atoms with E-state index in [0.717, 1.165) is 6.20 Å². The molecular formula is C7H5F2IN2O3. The topological polar surface area (TPSA) is 65.3 Å². The van der Waals surface area contributed by atoms with E-state index in [1.54, 1.807) is 22.6 Å². The second-order valence-corrected chi connectivity index (χ2v) is 3.59. The summed E-state index contributed by atoms with van der Waals surface area (Å²) < 4.78 is 29.8. The molecule has 0 fully saturated rings. The number of hydrogen-bond acceptors (Lipinski definition) is 4. The van der Waals surface area contributed by atoms with E-state index in [1.165, 1.54) is 7.11 Å². The highest BCUT2D eigenvalue weighted by Crippen LogP contribution is 2.37. The summed E-state index contributed by atoms with van der Waals surface area (Å²) in [5.41, 5.74) is -1.66. The normalized spacial score (nSPS) is 10.5.